The molecule has 0 amide bonds. The molecular formula is C20H17Cl2F3N4. The molecule has 0 fully saturated rings. The largest absolute Gasteiger partial charge is 0.416 e. The molecule has 0 unspecified atom stereocenters. The molecule has 0 aromatic heterocycles. The fourth-order valence-corrected chi connectivity index (χ4v) is 3.14. The Morgan fingerprint density at radius 1 is 1.10 bits per heavy atom. The molecule has 2 aromatic rings. The minimum Gasteiger partial charge on any atom is -0.276 e. The van der Waals surface area contributed by atoms with Gasteiger partial charge in [0.05, 0.1) is 35.1 Å². The molecule has 0 spiro atoms. The summed E-state index contributed by atoms with van der Waals surface area (Å²) >= 11 is 11.6. The van der Waals surface area contributed by atoms with Gasteiger partial charge in [0.1, 0.15) is 5.84 Å². The Hall–Kier alpha value is -2.38. The number of aliphatic imine (C=N–C) groups is 2. The van der Waals surface area contributed by atoms with Gasteiger partial charge in [-0.15, -0.1) is 23.2 Å². The van der Waals surface area contributed by atoms with Crippen LogP contribution in [0.3, 0.4) is 0 Å². The second-order valence-electron chi connectivity index (χ2n) is 6.18. The van der Waals surface area contributed by atoms with Crippen LogP contribution in [0.2, 0.25) is 0 Å². The second kappa shape index (κ2) is 9.41. The average molecular weight is 441 g/mol. The number of hydrogen-bond donors (Lipinski definition) is 1. The standard InChI is InChI=1S/C20H17Cl2F3N4/c21-9-8-15(11-22)28-29-18-12-26-19(13-4-2-1-3-5-13)16-10-14(20(23,24)25)6-7-17(16)27-18/h1-7,10H,8-9,11-12H2,(H,27,29)/b28-15+. The molecule has 3 rings (SSSR count). The lowest BCUT2D eigenvalue weighted by Gasteiger charge is -2.12. The molecule has 0 atom stereocenters. The first-order chi connectivity index (χ1) is 13.9. The lowest BCUT2D eigenvalue weighted by molar-refractivity contribution is -0.137. The average Bonchev–Trinajstić information content (AvgIpc) is 2.89. The first kappa shape index (κ1) is 21.3. The van der Waals surface area contributed by atoms with Gasteiger partial charge in [-0.05, 0) is 18.2 Å². The van der Waals surface area contributed by atoms with Gasteiger partial charge in [0.15, 0.2) is 0 Å². The summed E-state index contributed by atoms with van der Waals surface area (Å²) in [6, 6.07) is 12.5. The molecule has 0 radical (unpaired) electrons. The van der Waals surface area contributed by atoms with Gasteiger partial charge >= 0.3 is 6.18 Å². The van der Waals surface area contributed by atoms with E-state index >= 15 is 0 Å². The Bertz CT molecular complexity index is 954. The van der Waals surface area contributed by atoms with Crippen LogP contribution in [0.25, 0.3) is 0 Å². The van der Waals surface area contributed by atoms with Crippen molar-refractivity contribution in [2.24, 2.45) is 15.1 Å². The maximum Gasteiger partial charge on any atom is 0.416 e. The normalized spacial score (nSPS) is 14.6. The number of nitrogens with one attached hydrogen (secondary N) is 1. The summed E-state index contributed by atoms with van der Waals surface area (Å²) in [5.74, 6) is 0.977. The highest BCUT2D eigenvalue weighted by Crippen LogP contribution is 2.34. The monoisotopic (exact) mass is 440 g/mol. The van der Waals surface area contributed by atoms with Crippen LogP contribution in [0.1, 0.15) is 23.1 Å². The fourth-order valence-electron chi connectivity index (χ4n) is 2.73. The van der Waals surface area contributed by atoms with Crippen LogP contribution in [0, 0.1) is 0 Å². The van der Waals surface area contributed by atoms with Crippen molar-refractivity contribution in [1.82, 2.24) is 5.43 Å². The van der Waals surface area contributed by atoms with Crippen molar-refractivity contribution in [3.63, 3.8) is 0 Å². The number of hydrogen-bond acceptors (Lipinski definition) is 4. The predicted molar refractivity (Wildman–Crippen MR) is 112 cm³/mol. The molecule has 152 valence electrons. The zero-order valence-electron chi connectivity index (χ0n) is 15.2. The molecule has 4 nitrogen and oxygen atoms in total. The molecule has 1 aliphatic rings. The van der Waals surface area contributed by atoms with E-state index in [2.05, 4.69) is 20.5 Å². The molecular weight excluding hydrogens is 424 g/mol. The summed E-state index contributed by atoms with van der Waals surface area (Å²) in [5.41, 5.74) is 4.54. The number of halogens is 5. The van der Waals surface area contributed by atoms with Crippen molar-refractivity contribution in [2.45, 2.75) is 12.6 Å². The number of fused-ring (bicyclic) bond motifs is 1. The first-order valence-electron chi connectivity index (χ1n) is 8.75. The minimum absolute atomic E-state index is 0.125. The molecule has 0 saturated heterocycles. The van der Waals surface area contributed by atoms with Crippen LogP contribution in [0.15, 0.2) is 63.6 Å². The Morgan fingerprint density at radius 2 is 1.86 bits per heavy atom. The number of amidine groups is 1. The topological polar surface area (TPSA) is 49.1 Å². The summed E-state index contributed by atoms with van der Waals surface area (Å²) in [6.45, 7) is 0.125. The Kier molecular flexibility index (Phi) is 6.92. The Morgan fingerprint density at radius 3 is 2.52 bits per heavy atom. The summed E-state index contributed by atoms with van der Waals surface area (Å²) in [4.78, 5) is 8.96. The minimum atomic E-state index is -4.46. The quantitative estimate of drug-likeness (QED) is 0.377. The number of hydrazone groups is 1. The fraction of sp³-hybridized carbons (Fsp3) is 0.250. The third kappa shape index (κ3) is 5.36. The van der Waals surface area contributed by atoms with E-state index in [-0.39, 0.29) is 12.4 Å². The van der Waals surface area contributed by atoms with E-state index in [1.165, 1.54) is 6.07 Å². The van der Waals surface area contributed by atoms with Crippen LogP contribution < -0.4 is 5.43 Å². The smallest absolute Gasteiger partial charge is 0.276 e. The van der Waals surface area contributed by atoms with Gasteiger partial charge in [0.25, 0.3) is 0 Å². The molecule has 29 heavy (non-hydrogen) atoms. The van der Waals surface area contributed by atoms with Crippen molar-refractivity contribution >= 4 is 46.1 Å². The molecule has 2 aromatic carbocycles. The van der Waals surface area contributed by atoms with E-state index in [1.54, 1.807) is 24.3 Å². The van der Waals surface area contributed by atoms with Gasteiger partial charge in [0, 0.05) is 23.4 Å². The SMILES string of the molecule is FC(F)(F)c1ccc2c(c1)C(c1ccccc1)=NCC(N/N=C(/CCl)CCCl)=N2. The Balaban J connectivity index is 2.04. The molecule has 1 N–H and O–H groups in total. The van der Waals surface area contributed by atoms with Gasteiger partial charge in [-0.3, -0.25) is 10.4 Å². The van der Waals surface area contributed by atoms with E-state index in [1.807, 2.05) is 6.07 Å². The lowest BCUT2D eigenvalue weighted by atomic mass is 9.98. The zero-order valence-corrected chi connectivity index (χ0v) is 16.7. The molecule has 0 aliphatic carbocycles. The van der Waals surface area contributed by atoms with Gasteiger partial charge < -0.3 is 0 Å². The van der Waals surface area contributed by atoms with E-state index in [9.17, 15) is 13.2 Å². The molecule has 1 heterocycles. The third-order valence-electron chi connectivity index (χ3n) is 4.15. The van der Waals surface area contributed by atoms with Gasteiger partial charge in [-0.25, -0.2) is 4.99 Å². The first-order valence-corrected chi connectivity index (χ1v) is 9.81. The van der Waals surface area contributed by atoms with E-state index in [0.717, 1.165) is 12.1 Å². The van der Waals surface area contributed by atoms with Crippen LogP contribution in [-0.2, 0) is 6.18 Å². The summed E-state index contributed by atoms with van der Waals surface area (Å²) in [6.07, 6.45) is -3.95. The molecule has 0 bridgehead atoms. The van der Waals surface area contributed by atoms with Crippen LogP contribution in [-0.4, -0.2) is 35.6 Å². The van der Waals surface area contributed by atoms with Crippen LogP contribution >= 0.6 is 23.2 Å². The second-order valence-corrected chi connectivity index (χ2v) is 6.83. The van der Waals surface area contributed by atoms with Crippen molar-refractivity contribution in [2.75, 3.05) is 18.3 Å². The number of nitrogens with zero attached hydrogens (tertiary/aromatic N) is 3. The van der Waals surface area contributed by atoms with Gasteiger partial charge in [-0.1, -0.05) is 30.3 Å². The number of alkyl halides is 5. The number of benzene rings is 2. The predicted octanol–water partition coefficient (Wildman–Crippen LogP) is 5.40. The molecule has 1 aliphatic heterocycles. The molecule has 0 saturated carbocycles. The van der Waals surface area contributed by atoms with Crippen molar-refractivity contribution in [3.8, 4) is 0 Å². The highest BCUT2D eigenvalue weighted by molar-refractivity contribution is 6.29. The summed E-state index contributed by atoms with van der Waals surface area (Å²) in [7, 11) is 0. The summed E-state index contributed by atoms with van der Waals surface area (Å²) in [5, 5.41) is 4.20. The lowest BCUT2D eigenvalue weighted by Crippen LogP contribution is -2.23. The van der Waals surface area contributed by atoms with E-state index in [4.69, 9.17) is 23.2 Å². The maximum atomic E-state index is 13.3. The Labute approximate surface area is 176 Å². The maximum absolute atomic E-state index is 13.3. The van der Waals surface area contributed by atoms with Crippen LogP contribution in [0.4, 0.5) is 18.9 Å². The van der Waals surface area contributed by atoms with Crippen LogP contribution in [0.5, 0.6) is 0 Å². The van der Waals surface area contributed by atoms with Crippen molar-refractivity contribution in [3.05, 3.63) is 65.2 Å². The molecule has 9 heteroatoms. The van der Waals surface area contributed by atoms with Gasteiger partial charge in [0.2, 0.25) is 0 Å². The number of rotatable bonds is 5. The third-order valence-corrected chi connectivity index (χ3v) is 4.65. The van der Waals surface area contributed by atoms with Gasteiger partial charge in [-0.2, -0.15) is 18.3 Å². The zero-order chi connectivity index (χ0) is 20.9. The van der Waals surface area contributed by atoms with E-state index < -0.39 is 11.7 Å². The summed E-state index contributed by atoms with van der Waals surface area (Å²) < 4.78 is 39.8. The van der Waals surface area contributed by atoms with Crippen molar-refractivity contribution < 1.29 is 13.2 Å². The highest BCUT2D eigenvalue weighted by Gasteiger charge is 2.32. The highest BCUT2D eigenvalue weighted by atomic mass is 35.5. The van der Waals surface area contributed by atoms with E-state index in [0.29, 0.717) is 46.4 Å². The van der Waals surface area contributed by atoms with Crippen molar-refractivity contribution in [1.29, 1.82) is 0 Å².